The molecule has 0 radical (unpaired) electrons. The highest BCUT2D eigenvalue weighted by molar-refractivity contribution is 7.17. The third kappa shape index (κ3) is 6.02. The molecule has 0 spiro atoms. The molecule has 0 aliphatic carbocycles. The van der Waals surface area contributed by atoms with Crippen LogP contribution in [0.1, 0.15) is 84.0 Å². The van der Waals surface area contributed by atoms with Gasteiger partial charge in [0.25, 0.3) is 17.7 Å². The molecule has 0 bridgehead atoms. The van der Waals surface area contributed by atoms with Crippen LogP contribution in [0.15, 0.2) is 47.5 Å². The number of ether oxygens (including phenoxy) is 1. The number of nitrogens with one attached hydrogen (secondary N) is 3. The molecule has 5 amide bonds. The van der Waals surface area contributed by atoms with Crippen LogP contribution in [-0.2, 0) is 19.1 Å². The summed E-state index contributed by atoms with van der Waals surface area (Å²) in [5.41, 5.74) is 3.29. The number of benzene rings is 2. The lowest BCUT2D eigenvalue weighted by atomic mass is 9.99. The minimum atomic E-state index is -1.08. The highest BCUT2D eigenvalue weighted by atomic mass is 35.5. The summed E-state index contributed by atoms with van der Waals surface area (Å²) in [6.45, 7) is 3.97. The van der Waals surface area contributed by atoms with Crippen LogP contribution in [0.25, 0.3) is 5.00 Å². The van der Waals surface area contributed by atoms with Crippen molar-refractivity contribution >= 4 is 69.8 Å². The van der Waals surface area contributed by atoms with Crippen molar-refractivity contribution < 1.29 is 33.5 Å². The van der Waals surface area contributed by atoms with Gasteiger partial charge in [0, 0.05) is 41.3 Å². The fourth-order valence-corrected chi connectivity index (χ4v) is 8.00. The topological polar surface area (TPSA) is 194 Å². The summed E-state index contributed by atoms with van der Waals surface area (Å²) in [6.07, 6.45) is 0.00168. The van der Waals surface area contributed by atoms with Gasteiger partial charge in [0.05, 0.1) is 35.2 Å². The molecule has 3 aliphatic heterocycles. The maximum atomic E-state index is 13.8. The second-order valence-corrected chi connectivity index (χ2v) is 13.8. The number of fused-ring (bicyclic) bond motifs is 4. The van der Waals surface area contributed by atoms with E-state index in [1.807, 2.05) is 23.6 Å². The molecule has 17 heteroatoms. The molecule has 15 nitrogen and oxygen atoms in total. The predicted molar refractivity (Wildman–Crippen MR) is 189 cm³/mol. The van der Waals surface area contributed by atoms with Gasteiger partial charge in [-0.2, -0.15) is 0 Å². The zero-order valence-corrected chi connectivity index (χ0v) is 29.7. The highest BCUT2D eigenvalue weighted by Gasteiger charge is 2.45. The third-order valence-corrected chi connectivity index (χ3v) is 10.6. The quantitative estimate of drug-likeness (QED) is 0.130. The number of methoxy groups -OCH3 is 1. The Balaban J connectivity index is 1.12. The molecular formula is C35H31ClN8O7S. The first-order valence-electron chi connectivity index (χ1n) is 16.3. The van der Waals surface area contributed by atoms with E-state index >= 15 is 0 Å². The lowest BCUT2D eigenvalue weighted by molar-refractivity contribution is -0.141. The first-order chi connectivity index (χ1) is 25.0. The van der Waals surface area contributed by atoms with Crippen LogP contribution in [0.5, 0.6) is 0 Å². The normalized spacial score (nSPS) is 17.8. The monoisotopic (exact) mass is 742 g/mol. The SMILES string of the molecule is COC(=O)C[C@@H]1N=C(c2ccc(Cl)cc2)c2c(sc(C(=O)NCCNc3cccc4c3C(=O)N(C3CCC(=O)NC3=O)C4=O)c2C)-n2c(C)nnc21. The summed E-state index contributed by atoms with van der Waals surface area (Å²) < 4.78 is 6.77. The molecule has 7 rings (SSSR count). The zero-order valence-electron chi connectivity index (χ0n) is 28.1. The number of halogens is 1. The van der Waals surface area contributed by atoms with E-state index < -0.39 is 41.7 Å². The number of carbonyl (C=O) groups excluding carboxylic acids is 6. The van der Waals surface area contributed by atoms with Crippen molar-refractivity contribution in [3.05, 3.63) is 91.8 Å². The van der Waals surface area contributed by atoms with Crippen molar-refractivity contribution in [1.82, 2.24) is 30.3 Å². The number of nitrogens with zero attached hydrogens (tertiary/aromatic N) is 5. The molecule has 1 saturated heterocycles. The molecular weight excluding hydrogens is 712 g/mol. The van der Waals surface area contributed by atoms with E-state index in [0.717, 1.165) is 10.5 Å². The number of aryl methyl sites for hydroxylation is 1. The van der Waals surface area contributed by atoms with E-state index in [0.29, 0.717) is 49.1 Å². The lowest BCUT2D eigenvalue weighted by Crippen LogP contribution is -2.54. The number of anilines is 1. The zero-order chi connectivity index (χ0) is 36.8. The van der Waals surface area contributed by atoms with Crippen molar-refractivity contribution in [3.8, 4) is 5.00 Å². The first kappa shape index (κ1) is 34.7. The molecule has 266 valence electrons. The Hall–Kier alpha value is -5.74. The molecule has 0 saturated carbocycles. The first-order valence-corrected chi connectivity index (χ1v) is 17.5. The average Bonchev–Trinajstić information content (AvgIpc) is 3.72. The highest BCUT2D eigenvalue weighted by Crippen LogP contribution is 2.40. The van der Waals surface area contributed by atoms with Gasteiger partial charge in [-0.3, -0.25) is 48.5 Å². The summed E-state index contributed by atoms with van der Waals surface area (Å²) in [5.74, 6) is -2.20. The Labute approximate surface area is 305 Å². The van der Waals surface area contributed by atoms with Crippen molar-refractivity contribution in [2.24, 2.45) is 4.99 Å². The molecule has 1 unspecified atom stereocenters. The minimum Gasteiger partial charge on any atom is -0.469 e. The molecule has 1 fully saturated rings. The standard InChI is InChI=1S/C35H31ClN8O7S/c1-16-26-28(18-7-9-19(36)10-8-18)39-22(15-25(46)51-3)30-42-41-17(2)43(30)35(26)52-29(16)32(48)38-14-13-37-21-6-4-5-20-27(21)34(50)44(33(20)49)23-11-12-24(45)40-31(23)47/h4-10,22-23,37H,11-15H2,1-3H3,(H,38,48)(H,40,45,47)/t22-,23?/m0/s1. The number of thiophene rings is 1. The maximum absolute atomic E-state index is 13.8. The number of imide groups is 2. The number of rotatable bonds is 9. The minimum absolute atomic E-state index is 0.0203. The second kappa shape index (κ2) is 13.8. The van der Waals surface area contributed by atoms with Gasteiger partial charge in [-0.15, -0.1) is 21.5 Å². The number of aromatic nitrogens is 3. The second-order valence-electron chi connectivity index (χ2n) is 12.3. The van der Waals surface area contributed by atoms with Gasteiger partial charge in [0.15, 0.2) is 5.82 Å². The number of amides is 5. The average molecular weight is 743 g/mol. The van der Waals surface area contributed by atoms with Crippen molar-refractivity contribution in [3.63, 3.8) is 0 Å². The van der Waals surface area contributed by atoms with Crippen LogP contribution in [0.3, 0.4) is 0 Å². The largest absolute Gasteiger partial charge is 0.469 e. The number of piperidine rings is 1. The van der Waals surface area contributed by atoms with Crippen LogP contribution >= 0.6 is 22.9 Å². The van der Waals surface area contributed by atoms with Gasteiger partial charge in [-0.05, 0) is 50.1 Å². The van der Waals surface area contributed by atoms with Gasteiger partial charge in [-0.1, -0.05) is 29.8 Å². The van der Waals surface area contributed by atoms with E-state index in [4.69, 9.17) is 21.3 Å². The van der Waals surface area contributed by atoms with Crippen LogP contribution in [0, 0.1) is 13.8 Å². The molecule has 5 heterocycles. The summed E-state index contributed by atoms with van der Waals surface area (Å²) in [7, 11) is 1.31. The Bertz CT molecular complexity index is 2230. The van der Waals surface area contributed by atoms with Crippen LogP contribution < -0.4 is 16.0 Å². The summed E-state index contributed by atoms with van der Waals surface area (Å²) in [4.78, 5) is 83.3. The Kier molecular flexibility index (Phi) is 9.18. The smallest absolute Gasteiger partial charge is 0.308 e. The van der Waals surface area contributed by atoms with E-state index in [-0.39, 0.29) is 49.4 Å². The molecule has 2 aromatic carbocycles. The Morgan fingerprint density at radius 1 is 1.02 bits per heavy atom. The Morgan fingerprint density at radius 3 is 2.52 bits per heavy atom. The van der Waals surface area contributed by atoms with Crippen molar-refractivity contribution in [2.45, 2.75) is 45.2 Å². The van der Waals surface area contributed by atoms with E-state index in [1.165, 1.54) is 24.5 Å². The number of esters is 1. The van der Waals surface area contributed by atoms with Crippen LogP contribution in [0.2, 0.25) is 5.02 Å². The van der Waals surface area contributed by atoms with Crippen LogP contribution in [0.4, 0.5) is 5.69 Å². The molecule has 52 heavy (non-hydrogen) atoms. The Morgan fingerprint density at radius 2 is 1.79 bits per heavy atom. The van der Waals surface area contributed by atoms with Gasteiger partial charge >= 0.3 is 5.97 Å². The van der Waals surface area contributed by atoms with Gasteiger partial charge in [-0.25, -0.2) is 0 Å². The third-order valence-electron chi connectivity index (χ3n) is 9.11. The molecule has 4 aromatic rings. The van der Waals surface area contributed by atoms with Crippen LogP contribution in [-0.4, -0.2) is 87.1 Å². The molecule has 3 N–H and O–H groups in total. The summed E-state index contributed by atoms with van der Waals surface area (Å²) >= 11 is 7.45. The summed E-state index contributed by atoms with van der Waals surface area (Å²) in [5, 5.41) is 18.1. The van der Waals surface area contributed by atoms with E-state index in [9.17, 15) is 28.8 Å². The lowest BCUT2D eigenvalue weighted by Gasteiger charge is -2.27. The number of hydrogen-bond acceptors (Lipinski definition) is 12. The number of carbonyl (C=O) groups is 6. The van der Waals surface area contributed by atoms with Crippen molar-refractivity contribution in [1.29, 1.82) is 0 Å². The number of aliphatic imine (C=N–C) groups is 1. The van der Waals surface area contributed by atoms with Crippen molar-refractivity contribution in [2.75, 3.05) is 25.5 Å². The number of hydrogen-bond donors (Lipinski definition) is 3. The molecule has 2 aromatic heterocycles. The van der Waals surface area contributed by atoms with Gasteiger partial charge in [0.1, 0.15) is 22.9 Å². The van der Waals surface area contributed by atoms with Gasteiger partial charge in [0.2, 0.25) is 11.8 Å². The van der Waals surface area contributed by atoms with E-state index in [1.54, 1.807) is 31.2 Å². The maximum Gasteiger partial charge on any atom is 0.308 e. The molecule has 3 aliphatic rings. The van der Waals surface area contributed by atoms with Gasteiger partial charge < -0.3 is 15.4 Å². The molecule has 2 atom stereocenters. The predicted octanol–water partition coefficient (Wildman–Crippen LogP) is 3.30. The summed E-state index contributed by atoms with van der Waals surface area (Å²) in [6, 6.07) is 10.1. The fourth-order valence-electron chi connectivity index (χ4n) is 6.60. The van der Waals surface area contributed by atoms with E-state index in [2.05, 4.69) is 26.1 Å². The fraction of sp³-hybridized carbons (Fsp3) is 0.286.